The van der Waals surface area contributed by atoms with Crippen molar-refractivity contribution in [3.63, 3.8) is 0 Å². The molecule has 2 heterocycles. The molecular weight excluding hydrogens is 304 g/mol. The number of nitrogens with zero attached hydrogens (tertiary/aromatic N) is 2. The Morgan fingerprint density at radius 2 is 2.00 bits per heavy atom. The molecule has 0 aliphatic rings. The Bertz CT molecular complexity index is 500. The van der Waals surface area contributed by atoms with E-state index in [-0.39, 0.29) is 12.0 Å². The zero-order chi connectivity index (χ0) is 14.8. The molecule has 6 heteroatoms. The number of ether oxygens (including phenoxy) is 1. The first-order chi connectivity index (χ1) is 10.4. The van der Waals surface area contributed by atoms with Gasteiger partial charge in [0.1, 0.15) is 5.44 Å². The van der Waals surface area contributed by atoms with Crippen LogP contribution < -0.4 is 0 Å². The van der Waals surface area contributed by atoms with Crippen LogP contribution in [0.3, 0.4) is 0 Å². The molecule has 0 saturated heterocycles. The SMILES string of the molecule is OCCC(OCCSc1ccncc1)Sc1ccccn1. The second kappa shape index (κ2) is 9.78. The predicted octanol–water partition coefficient (Wildman–Crippen LogP) is 3.09. The maximum atomic E-state index is 9.12. The minimum atomic E-state index is -0.0667. The summed E-state index contributed by atoms with van der Waals surface area (Å²) in [6.45, 7) is 0.749. The highest BCUT2D eigenvalue weighted by molar-refractivity contribution is 7.99. The van der Waals surface area contributed by atoms with Crippen molar-refractivity contribution in [2.45, 2.75) is 21.8 Å². The van der Waals surface area contributed by atoms with Gasteiger partial charge < -0.3 is 9.84 Å². The lowest BCUT2D eigenvalue weighted by molar-refractivity contribution is 0.104. The van der Waals surface area contributed by atoms with E-state index in [1.165, 1.54) is 4.90 Å². The van der Waals surface area contributed by atoms with Gasteiger partial charge in [0.05, 0.1) is 11.6 Å². The average molecular weight is 322 g/mol. The fourth-order valence-electron chi connectivity index (χ4n) is 1.61. The summed E-state index contributed by atoms with van der Waals surface area (Å²) in [6.07, 6.45) is 5.93. The summed E-state index contributed by atoms with van der Waals surface area (Å²) in [5.41, 5.74) is -0.0667. The summed E-state index contributed by atoms with van der Waals surface area (Å²) in [4.78, 5) is 9.44. The van der Waals surface area contributed by atoms with Crippen molar-refractivity contribution in [1.82, 2.24) is 9.97 Å². The van der Waals surface area contributed by atoms with Gasteiger partial charge in [-0.05, 0) is 24.3 Å². The molecule has 0 aliphatic heterocycles. The van der Waals surface area contributed by atoms with Crippen molar-refractivity contribution in [2.24, 2.45) is 0 Å². The molecule has 2 aromatic heterocycles. The van der Waals surface area contributed by atoms with Crippen LogP contribution in [0.25, 0.3) is 0 Å². The van der Waals surface area contributed by atoms with E-state index in [2.05, 4.69) is 9.97 Å². The third-order valence-corrected chi connectivity index (χ3v) is 4.65. The lowest BCUT2D eigenvalue weighted by Crippen LogP contribution is -2.13. The number of pyridine rings is 2. The van der Waals surface area contributed by atoms with Gasteiger partial charge in [-0.15, -0.1) is 11.8 Å². The predicted molar refractivity (Wildman–Crippen MR) is 86.5 cm³/mol. The van der Waals surface area contributed by atoms with E-state index in [1.807, 2.05) is 30.3 Å². The first-order valence-electron chi connectivity index (χ1n) is 6.71. The van der Waals surface area contributed by atoms with Gasteiger partial charge in [-0.3, -0.25) is 4.98 Å². The number of rotatable bonds is 9. The van der Waals surface area contributed by atoms with Gasteiger partial charge in [0.2, 0.25) is 0 Å². The second-order valence-corrected chi connectivity index (χ2v) is 6.48. The third kappa shape index (κ3) is 6.48. The zero-order valence-electron chi connectivity index (χ0n) is 11.6. The van der Waals surface area contributed by atoms with Gasteiger partial charge in [-0.25, -0.2) is 4.98 Å². The lowest BCUT2D eigenvalue weighted by Gasteiger charge is -2.15. The fraction of sp³-hybridized carbons (Fsp3) is 0.333. The smallest absolute Gasteiger partial charge is 0.111 e. The van der Waals surface area contributed by atoms with Crippen LogP contribution in [0, 0.1) is 0 Å². The van der Waals surface area contributed by atoms with Crippen LogP contribution in [0.4, 0.5) is 0 Å². The van der Waals surface area contributed by atoms with Crippen molar-refractivity contribution in [1.29, 1.82) is 0 Å². The largest absolute Gasteiger partial charge is 0.396 e. The molecule has 1 atom stereocenters. The van der Waals surface area contributed by atoms with Gasteiger partial charge in [0, 0.05) is 42.3 Å². The molecule has 2 aromatic rings. The molecule has 0 saturated carbocycles. The maximum Gasteiger partial charge on any atom is 0.111 e. The molecule has 4 nitrogen and oxygen atoms in total. The van der Waals surface area contributed by atoms with E-state index < -0.39 is 0 Å². The van der Waals surface area contributed by atoms with Crippen LogP contribution in [0.15, 0.2) is 58.8 Å². The van der Waals surface area contributed by atoms with Gasteiger partial charge in [0.15, 0.2) is 0 Å². The number of aliphatic hydroxyl groups is 1. The highest BCUT2D eigenvalue weighted by atomic mass is 32.2. The zero-order valence-corrected chi connectivity index (χ0v) is 13.2. The molecule has 112 valence electrons. The average Bonchev–Trinajstić information content (AvgIpc) is 2.54. The van der Waals surface area contributed by atoms with Gasteiger partial charge in [-0.1, -0.05) is 17.8 Å². The number of hydrogen-bond donors (Lipinski definition) is 1. The Kier molecular flexibility index (Phi) is 7.59. The van der Waals surface area contributed by atoms with E-state index in [0.717, 1.165) is 10.8 Å². The monoisotopic (exact) mass is 322 g/mol. The minimum absolute atomic E-state index is 0.0667. The van der Waals surface area contributed by atoms with E-state index >= 15 is 0 Å². The summed E-state index contributed by atoms with van der Waals surface area (Å²) < 4.78 is 5.83. The van der Waals surface area contributed by atoms with Gasteiger partial charge in [0.25, 0.3) is 0 Å². The normalized spacial score (nSPS) is 12.2. The van der Waals surface area contributed by atoms with Crippen LogP contribution in [-0.2, 0) is 4.74 Å². The van der Waals surface area contributed by atoms with Gasteiger partial charge >= 0.3 is 0 Å². The van der Waals surface area contributed by atoms with Crippen LogP contribution in [-0.4, -0.2) is 39.5 Å². The van der Waals surface area contributed by atoms with Crippen molar-refractivity contribution >= 4 is 23.5 Å². The highest BCUT2D eigenvalue weighted by Crippen LogP contribution is 2.24. The van der Waals surface area contributed by atoms with E-state index in [0.29, 0.717) is 13.0 Å². The molecule has 0 radical (unpaired) electrons. The van der Waals surface area contributed by atoms with Crippen molar-refractivity contribution in [3.8, 4) is 0 Å². The van der Waals surface area contributed by atoms with Crippen LogP contribution >= 0.6 is 23.5 Å². The van der Waals surface area contributed by atoms with Crippen LogP contribution in [0.1, 0.15) is 6.42 Å². The summed E-state index contributed by atoms with van der Waals surface area (Å²) in [5, 5.41) is 10.0. The minimum Gasteiger partial charge on any atom is -0.396 e. The lowest BCUT2D eigenvalue weighted by atomic mass is 10.5. The number of hydrogen-bond acceptors (Lipinski definition) is 6. The Morgan fingerprint density at radius 1 is 1.14 bits per heavy atom. The topological polar surface area (TPSA) is 55.2 Å². The first kappa shape index (κ1) is 16.3. The molecule has 0 aliphatic carbocycles. The Labute approximate surface area is 133 Å². The molecule has 0 amide bonds. The molecule has 0 bridgehead atoms. The summed E-state index contributed by atoms with van der Waals surface area (Å²) in [6, 6.07) is 9.75. The quantitative estimate of drug-likeness (QED) is 0.435. The molecule has 1 N–H and O–H groups in total. The second-order valence-electron chi connectivity index (χ2n) is 4.13. The molecule has 21 heavy (non-hydrogen) atoms. The van der Waals surface area contributed by atoms with E-state index in [4.69, 9.17) is 9.84 Å². The highest BCUT2D eigenvalue weighted by Gasteiger charge is 2.11. The molecule has 2 rings (SSSR count). The number of thioether (sulfide) groups is 2. The van der Waals surface area contributed by atoms with Gasteiger partial charge in [-0.2, -0.15) is 0 Å². The van der Waals surface area contributed by atoms with Crippen LogP contribution in [0.5, 0.6) is 0 Å². The Morgan fingerprint density at radius 3 is 2.71 bits per heavy atom. The Balaban J connectivity index is 1.72. The Hall–Kier alpha value is -1.08. The standard InChI is InChI=1S/C15H18N2O2S2/c18-10-6-15(21-14-3-1-2-7-17-14)19-11-12-20-13-4-8-16-9-5-13/h1-5,7-9,15,18H,6,10-12H2. The molecule has 0 fully saturated rings. The van der Waals surface area contributed by atoms with Crippen LogP contribution in [0.2, 0.25) is 0 Å². The maximum absolute atomic E-state index is 9.12. The summed E-state index contributed by atoms with van der Waals surface area (Å²) in [5.74, 6) is 0.870. The molecule has 0 aromatic carbocycles. The summed E-state index contributed by atoms with van der Waals surface area (Å²) in [7, 11) is 0. The first-order valence-corrected chi connectivity index (χ1v) is 8.58. The fourth-order valence-corrected chi connectivity index (χ4v) is 3.27. The van der Waals surface area contributed by atoms with Crippen molar-refractivity contribution < 1.29 is 9.84 Å². The van der Waals surface area contributed by atoms with Crippen molar-refractivity contribution in [2.75, 3.05) is 19.0 Å². The van der Waals surface area contributed by atoms with E-state index in [1.54, 1.807) is 42.1 Å². The third-order valence-electron chi connectivity index (χ3n) is 2.56. The van der Waals surface area contributed by atoms with E-state index in [9.17, 15) is 0 Å². The van der Waals surface area contributed by atoms with Crippen molar-refractivity contribution in [3.05, 3.63) is 48.9 Å². The number of aliphatic hydroxyl groups excluding tert-OH is 1. The molecule has 0 spiro atoms. The molecular formula is C15H18N2O2S2. The number of aromatic nitrogens is 2. The summed E-state index contributed by atoms with van der Waals surface area (Å²) >= 11 is 3.28. The molecule has 1 unspecified atom stereocenters.